The Labute approximate surface area is 110 Å². The lowest BCUT2D eigenvalue weighted by Gasteiger charge is -2.17. The van der Waals surface area contributed by atoms with Crippen molar-refractivity contribution in [3.8, 4) is 11.5 Å². The molecule has 2 rings (SSSR count). The number of aromatic nitrogens is 1. The van der Waals surface area contributed by atoms with E-state index in [0.29, 0.717) is 10.9 Å². The SMILES string of the molecule is Br.Cc1cc(N(C)C)c2c(O)ccc(O)c2n1. The molecule has 0 aliphatic carbocycles. The lowest BCUT2D eigenvalue weighted by atomic mass is 10.1. The van der Waals surface area contributed by atoms with E-state index in [0.717, 1.165) is 11.4 Å². The van der Waals surface area contributed by atoms with E-state index in [4.69, 9.17) is 0 Å². The number of aryl methyl sites for hydroxylation is 1. The number of nitrogens with zero attached hydrogens (tertiary/aromatic N) is 2. The molecule has 0 aliphatic heterocycles. The summed E-state index contributed by atoms with van der Waals surface area (Å²) in [6.07, 6.45) is 0. The molecular formula is C12H15BrN2O2. The summed E-state index contributed by atoms with van der Waals surface area (Å²) >= 11 is 0. The number of pyridine rings is 1. The summed E-state index contributed by atoms with van der Waals surface area (Å²) in [5.41, 5.74) is 2.08. The van der Waals surface area contributed by atoms with Crippen molar-refractivity contribution in [3.63, 3.8) is 0 Å². The molecule has 0 amide bonds. The van der Waals surface area contributed by atoms with Gasteiger partial charge in [-0.2, -0.15) is 0 Å². The molecule has 1 aromatic heterocycles. The van der Waals surface area contributed by atoms with Gasteiger partial charge in [0.25, 0.3) is 0 Å². The Kier molecular flexibility index (Phi) is 3.83. The molecule has 2 aromatic rings. The minimum atomic E-state index is 0. The summed E-state index contributed by atoms with van der Waals surface area (Å²) < 4.78 is 0. The van der Waals surface area contributed by atoms with Crippen molar-refractivity contribution in [3.05, 3.63) is 23.9 Å². The number of phenols is 2. The van der Waals surface area contributed by atoms with Crippen LogP contribution in [-0.4, -0.2) is 29.3 Å². The van der Waals surface area contributed by atoms with Gasteiger partial charge in [-0.1, -0.05) is 0 Å². The maximum absolute atomic E-state index is 9.84. The molecule has 0 atom stereocenters. The second-order valence-corrected chi connectivity index (χ2v) is 4.00. The first-order chi connectivity index (χ1) is 7.50. The van der Waals surface area contributed by atoms with Crippen LogP contribution in [0.3, 0.4) is 0 Å². The smallest absolute Gasteiger partial charge is 0.142 e. The fourth-order valence-electron chi connectivity index (χ4n) is 1.77. The van der Waals surface area contributed by atoms with Crippen LogP contribution in [0.4, 0.5) is 5.69 Å². The van der Waals surface area contributed by atoms with Gasteiger partial charge in [0.1, 0.15) is 17.0 Å². The molecule has 17 heavy (non-hydrogen) atoms. The Morgan fingerprint density at radius 1 is 1.12 bits per heavy atom. The molecule has 4 nitrogen and oxygen atoms in total. The lowest BCUT2D eigenvalue weighted by Crippen LogP contribution is -2.10. The predicted molar refractivity (Wildman–Crippen MR) is 74.5 cm³/mol. The minimum Gasteiger partial charge on any atom is -0.507 e. The van der Waals surface area contributed by atoms with Gasteiger partial charge in [-0.25, -0.2) is 4.98 Å². The molecule has 92 valence electrons. The minimum absolute atomic E-state index is 0. The molecule has 0 saturated carbocycles. The zero-order valence-corrected chi connectivity index (χ0v) is 11.6. The summed E-state index contributed by atoms with van der Waals surface area (Å²) in [5.74, 6) is 0.212. The molecule has 1 aromatic carbocycles. The fourth-order valence-corrected chi connectivity index (χ4v) is 1.77. The van der Waals surface area contributed by atoms with Crippen LogP contribution in [-0.2, 0) is 0 Å². The number of halogens is 1. The zero-order valence-electron chi connectivity index (χ0n) is 9.93. The zero-order chi connectivity index (χ0) is 11.9. The van der Waals surface area contributed by atoms with E-state index in [9.17, 15) is 10.2 Å². The van der Waals surface area contributed by atoms with E-state index in [2.05, 4.69) is 4.98 Å². The average Bonchev–Trinajstić information content (AvgIpc) is 2.22. The van der Waals surface area contributed by atoms with Gasteiger partial charge in [-0.05, 0) is 25.1 Å². The number of hydrogen-bond acceptors (Lipinski definition) is 4. The average molecular weight is 299 g/mol. The van der Waals surface area contributed by atoms with E-state index in [1.54, 1.807) is 0 Å². The van der Waals surface area contributed by atoms with Crippen LogP contribution in [0, 0.1) is 6.92 Å². The molecule has 5 heteroatoms. The van der Waals surface area contributed by atoms with Crippen LogP contribution in [0.15, 0.2) is 18.2 Å². The standard InChI is InChI=1S/C12H14N2O2.BrH/c1-7-6-8(14(2)3)11-9(15)4-5-10(16)12(11)13-7;/h4-6,15-16H,1-3H3;1H. The maximum Gasteiger partial charge on any atom is 0.142 e. The first kappa shape index (κ1) is 13.6. The molecule has 0 spiro atoms. The molecule has 2 N–H and O–H groups in total. The number of rotatable bonds is 1. The summed E-state index contributed by atoms with van der Waals surface area (Å²) in [6, 6.07) is 4.80. The maximum atomic E-state index is 9.84. The molecule has 0 radical (unpaired) electrons. The highest BCUT2D eigenvalue weighted by atomic mass is 79.9. The van der Waals surface area contributed by atoms with Crippen molar-refractivity contribution in [2.24, 2.45) is 0 Å². The molecule has 0 unspecified atom stereocenters. The largest absolute Gasteiger partial charge is 0.507 e. The molecule has 0 fully saturated rings. The molecule has 0 saturated heterocycles. The van der Waals surface area contributed by atoms with Crippen LogP contribution in [0.5, 0.6) is 11.5 Å². The van der Waals surface area contributed by atoms with E-state index < -0.39 is 0 Å². The number of phenolic OH excluding ortho intramolecular Hbond substituents is 2. The number of fused-ring (bicyclic) bond motifs is 1. The number of benzene rings is 1. The van der Waals surface area contributed by atoms with Gasteiger partial charge in [0.05, 0.1) is 11.1 Å². The molecule has 1 heterocycles. The van der Waals surface area contributed by atoms with Crippen LogP contribution in [0.25, 0.3) is 10.9 Å². The Balaban J connectivity index is 0.00000144. The van der Waals surface area contributed by atoms with E-state index in [1.807, 2.05) is 32.0 Å². The Bertz CT molecular complexity index is 556. The second-order valence-electron chi connectivity index (χ2n) is 4.00. The summed E-state index contributed by atoms with van der Waals surface area (Å²) in [7, 11) is 3.77. The normalized spacial score (nSPS) is 10.1. The highest BCUT2D eigenvalue weighted by molar-refractivity contribution is 8.93. The van der Waals surface area contributed by atoms with E-state index in [-0.39, 0.29) is 28.5 Å². The predicted octanol–water partition coefficient (Wildman–Crippen LogP) is 2.60. The Morgan fingerprint density at radius 2 is 1.71 bits per heavy atom. The van der Waals surface area contributed by atoms with Crippen molar-refractivity contribution in [1.82, 2.24) is 4.98 Å². The third kappa shape index (κ3) is 2.29. The third-order valence-electron chi connectivity index (χ3n) is 2.51. The van der Waals surface area contributed by atoms with Gasteiger partial charge in [0, 0.05) is 19.8 Å². The van der Waals surface area contributed by atoms with Crippen molar-refractivity contribution in [2.75, 3.05) is 19.0 Å². The summed E-state index contributed by atoms with van der Waals surface area (Å²) in [4.78, 5) is 6.13. The molecule has 0 bridgehead atoms. The topological polar surface area (TPSA) is 56.6 Å². The van der Waals surface area contributed by atoms with Crippen molar-refractivity contribution >= 4 is 33.6 Å². The van der Waals surface area contributed by atoms with Gasteiger partial charge < -0.3 is 15.1 Å². The first-order valence-electron chi connectivity index (χ1n) is 5.00. The third-order valence-corrected chi connectivity index (χ3v) is 2.51. The van der Waals surface area contributed by atoms with Crippen LogP contribution < -0.4 is 4.90 Å². The quantitative estimate of drug-likeness (QED) is 0.795. The van der Waals surface area contributed by atoms with E-state index >= 15 is 0 Å². The van der Waals surface area contributed by atoms with Crippen LogP contribution in [0.2, 0.25) is 0 Å². The molecule has 0 aliphatic rings. The fraction of sp³-hybridized carbons (Fsp3) is 0.250. The summed E-state index contributed by atoms with van der Waals surface area (Å²) in [6.45, 7) is 1.86. The Morgan fingerprint density at radius 3 is 2.29 bits per heavy atom. The van der Waals surface area contributed by atoms with Crippen molar-refractivity contribution in [2.45, 2.75) is 6.92 Å². The van der Waals surface area contributed by atoms with E-state index in [1.165, 1.54) is 12.1 Å². The lowest BCUT2D eigenvalue weighted by molar-refractivity contribution is 0.468. The van der Waals surface area contributed by atoms with Gasteiger partial charge in [0.2, 0.25) is 0 Å². The van der Waals surface area contributed by atoms with Crippen molar-refractivity contribution in [1.29, 1.82) is 0 Å². The highest BCUT2D eigenvalue weighted by Crippen LogP contribution is 2.36. The summed E-state index contributed by atoms with van der Waals surface area (Å²) in [5, 5.41) is 20.2. The van der Waals surface area contributed by atoms with Gasteiger partial charge in [-0.3, -0.25) is 0 Å². The van der Waals surface area contributed by atoms with Gasteiger partial charge in [0.15, 0.2) is 0 Å². The number of aromatic hydroxyl groups is 2. The second kappa shape index (κ2) is 4.79. The first-order valence-corrected chi connectivity index (χ1v) is 5.00. The number of hydrogen-bond donors (Lipinski definition) is 2. The van der Waals surface area contributed by atoms with Gasteiger partial charge >= 0.3 is 0 Å². The molecular weight excluding hydrogens is 284 g/mol. The van der Waals surface area contributed by atoms with Gasteiger partial charge in [-0.15, -0.1) is 17.0 Å². The van der Waals surface area contributed by atoms with Crippen LogP contribution >= 0.6 is 17.0 Å². The van der Waals surface area contributed by atoms with Crippen molar-refractivity contribution < 1.29 is 10.2 Å². The Hall–Kier alpha value is -1.49. The highest BCUT2D eigenvalue weighted by Gasteiger charge is 2.12. The monoisotopic (exact) mass is 298 g/mol. The van der Waals surface area contributed by atoms with Crippen LogP contribution in [0.1, 0.15) is 5.69 Å². The number of anilines is 1.